The number of aliphatic hydroxyl groups excluding tert-OH is 1. The van der Waals surface area contributed by atoms with Crippen LogP contribution < -0.4 is 25.4 Å². The van der Waals surface area contributed by atoms with Crippen molar-refractivity contribution in [2.45, 2.75) is 39.2 Å². The van der Waals surface area contributed by atoms with Crippen molar-refractivity contribution in [3.05, 3.63) is 52.8 Å². The van der Waals surface area contributed by atoms with Crippen LogP contribution in [0.3, 0.4) is 0 Å². The first-order valence-electron chi connectivity index (χ1n) is 11.5. The number of nitrogens with two attached hydrogens (primary N) is 1. The first kappa shape index (κ1) is 24.8. The minimum Gasteiger partial charge on any atom is -0.490 e. The molecule has 0 aromatic heterocycles. The molecule has 8 heteroatoms. The van der Waals surface area contributed by atoms with Gasteiger partial charge in [-0.1, -0.05) is 6.07 Å². The summed E-state index contributed by atoms with van der Waals surface area (Å²) in [6, 6.07) is 8.41. The summed E-state index contributed by atoms with van der Waals surface area (Å²) < 4.78 is 24.7. The summed E-state index contributed by atoms with van der Waals surface area (Å²) in [5.74, 6) is 0.114. The molecule has 0 unspecified atom stereocenters. The van der Waals surface area contributed by atoms with E-state index in [2.05, 4.69) is 23.2 Å². The number of amides is 1. The molecule has 1 amide bonds. The average molecular weight is 460 g/mol. The van der Waals surface area contributed by atoms with E-state index in [1.165, 1.54) is 12.1 Å². The van der Waals surface area contributed by atoms with E-state index < -0.39 is 5.91 Å². The number of ether oxygens (including phenoxy) is 2. The van der Waals surface area contributed by atoms with Gasteiger partial charge in [-0.2, -0.15) is 0 Å². The first-order valence-corrected chi connectivity index (χ1v) is 11.5. The Bertz CT molecular complexity index is 953. The predicted octanol–water partition coefficient (Wildman–Crippen LogP) is 2.67. The molecule has 3 rings (SSSR count). The molecule has 0 spiro atoms. The van der Waals surface area contributed by atoms with Gasteiger partial charge >= 0.3 is 0 Å². The van der Waals surface area contributed by atoms with Crippen LogP contribution in [0.25, 0.3) is 0 Å². The number of anilines is 1. The van der Waals surface area contributed by atoms with Crippen LogP contribution in [0.2, 0.25) is 0 Å². The average Bonchev–Trinajstić information content (AvgIpc) is 3.19. The van der Waals surface area contributed by atoms with Crippen LogP contribution in [-0.2, 0) is 12.8 Å². The molecule has 0 saturated carbocycles. The van der Waals surface area contributed by atoms with E-state index in [1.54, 1.807) is 6.07 Å². The number of aliphatic hydroxyl groups is 1. The molecule has 1 atom stereocenters. The van der Waals surface area contributed by atoms with Crippen LogP contribution in [0.15, 0.2) is 30.3 Å². The standard InChI is InChI=1S/C25H34FN3O4/c1-3-32-22-6-5-20(26)16-23(22)33-12-8-28-17(2)13-18-14-19-7-10-29(9-4-11-30)24(19)21(15-18)25(27)31/h5-6,14-17,28,30H,3-4,7-13H2,1-2H3,(H2,27,31)/t17-/m1/s1. The third kappa shape index (κ3) is 6.58. The molecule has 1 aliphatic heterocycles. The maximum Gasteiger partial charge on any atom is 0.250 e. The van der Waals surface area contributed by atoms with Crippen LogP contribution in [-0.4, -0.2) is 56.5 Å². The van der Waals surface area contributed by atoms with Crippen molar-refractivity contribution in [1.29, 1.82) is 0 Å². The van der Waals surface area contributed by atoms with Crippen molar-refractivity contribution in [2.24, 2.45) is 5.73 Å². The van der Waals surface area contributed by atoms with Crippen molar-refractivity contribution >= 4 is 11.6 Å². The Kier molecular flexibility index (Phi) is 8.91. The van der Waals surface area contributed by atoms with Gasteiger partial charge in [0.1, 0.15) is 12.4 Å². The van der Waals surface area contributed by atoms with E-state index in [9.17, 15) is 9.18 Å². The maximum absolute atomic E-state index is 13.5. The molecule has 2 aromatic carbocycles. The number of rotatable bonds is 13. The highest BCUT2D eigenvalue weighted by atomic mass is 19.1. The van der Waals surface area contributed by atoms with Gasteiger partial charge in [0.25, 0.3) is 5.91 Å². The van der Waals surface area contributed by atoms with Gasteiger partial charge in [0.05, 0.1) is 17.9 Å². The molecule has 0 radical (unpaired) electrons. The maximum atomic E-state index is 13.5. The molecule has 1 heterocycles. The molecule has 0 aliphatic carbocycles. The van der Waals surface area contributed by atoms with E-state index in [1.807, 2.05) is 13.0 Å². The van der Waals surface area contributed by atoms with Crippen LogP contribution in [0.5, 0.6) is 11.5 Å². The van der Waals surface area contributed by atoms with Crippen molar-refractivity contribution in [3.63, 3.8) is 0 Å². The molecule has 1 aliphatic rings. The minimum atomic E-state index is -0.432. The van der Waals surface area contributed by atoms with Gasteiger partial charge < -0.3 is 30.5 Å². The molecular weight excluding hydrogens is 425 g/mol. The van der Waals surface area contributed by atoms with Gasteiger partial charge in [0, 0.05) is 38.3 Å². The lowest BCUT2D eigenvalue weighted by atomic mass is 9.98. The Morgan fingerprint density at radius 3 is 2.82 bits per heavy atom. The van der Waals surface area contributed by atoms with Gasteiger partial charge in [0.15, 0.2) is 11.5 Å². The highest BCUT2D eigenvalue weighted by Crippen LogP contribution is 2.33. The van der Waals surface area contributed by atoms with Crippen molar-refractivity contribution in [2.75, 3.05) is 44.4 Å². The van der Waals surface area contributed by atoms with E-state index in [0.717, 1.165) is 36.2 Å². The molecule has 0 fully saturated rings. The van der Waals surface area contributed by atoms with Gasteiger partial charge in [-0.15, -0.1) is 0 Å². The molecule has 4 N–H and O–H groups in total. The van der Waals surface area contributed by atoms with Gasteiger partial charge in [-0.3, -0.25) is 4.79 Å². The van der Waals surface area contributed by atoms with Crippen LogP contribution in [0.1, 0.15) is 41.8 Å². The Balaban J connectivity index is 1.57. The highest BCUT2D eigenvalue weighted by molar-refractivity contribution is 6.00. The second-order valence-electron chi connectivity index (χ2n) is 8.26. The van der Waals surface area contributed by atoms with Crippen molar-refractivity contribution in [1.82, 2.24) is 5.32 Å². The normalized spacial score (nSPS) is 13.6. The van der Waals surface area contributed by atoms with Gasteiger partial charge in [-0.25, -0.2) is 4.39 Å². The lowest BCUT2D eigenvalue weighted by Crippen LogP contribution is -2.32. The number of carbonyl (C=O) groups excluding carboxylic acids is 1. The number of hydrogen-bond donors (Lipinski definition) is 3. The summed E-state index contributed by atoms with van der Waals surface area (Å²) >= 11 is 0. The second-order valence-corrected chi connectivity index (χ2v) is 8.26. The molecule has 0 saturated heterocycles. The van der Waals surface area contributed by atoms with E-state index in [0.29, 0.717) is 49.8 Å². The zero-order valence-electron chi connectivity index (χ0n) is 19.4. The summed E-state index contributed by atoms with van der Waals surface area (Å²) in [4.78, 5) is 14.3. The second kappa shape index (κ2) is 11.9. The molecule has 2 aromatic rings. The summed E-state index contributed by atoms with van der Waals surface area (Å²) in [5, 5.41) is 12.5. The van der Waals surface area contributed by atoms with Crippen LogP contribution >= 0.6 is 0 Å². The Morgan fingerprint density at radius 2 is 2.09 bits per heavy atom. The molecule has 0 bridgehead atoms. The van der Waals surface area contributed by atoms with Crippen molar-refractivity contribution in [3.8, 4) is 11.5 Å². The number of carbonyl (C=O) groups is 1. The zero-order valence-corrected chi connectivity index (χ0v) is 19.4. The number of nitrogens with zero attached hydrogens (tertiary/aromatic N) is 1. The number of primary amides is 1. The largest absolute Gasteiger partial charge is 0.490 e. The van der Waals surface area contributed by atoms with E-state index in [-0.39, 0.29) is 18.5 Å². The fourth-order valence-electron chi connectivity index (χ4n) is 4.24. The number of halogens is 1. The van der Waals surface area contributed by atoms with Crippen LogP contribution in [0, 0.1) is 5.82 Å². The third-order valence-corrected chi connectivity index (χ3v) is 5.67. The van der Waals surface area contributed by atoms with Crippen LogP contribution in [0.4, 0.5) is 10.1 Å². The Morgan fingerprint density at radius 1 is 1.27 bits per heavy atom. The number of fused-ring (bicyclic) bond motifs is 1. The lowest BCUT2D eigenvalue weighted by molar-refractivity contribution is 0.100. The summed E-state index contributed by atoms with van der Waals surface area (Å²) in [6.07, 6.45) is 2.25. The number of hydrogen-bond acceptors (Lipinski definition) is 6. The zero-order chi connectivity index (χ0) is 23.8. The van der Waals surface area contributed by atoms with Gasteiger partial charge in [-0.05, 0) is 62.4 Å². The van der Waals surface area contributed by atoms with Gasteiger partial charge in [0.2, 0.25) is 0 Å². The lowest BCUT2D eigenvalue weighted by Gasteiger charge is -2.22. The topological polar surface area (TPSA) is 97.1 Å². The smallest absolute Gasteiger partial charge is 0.250 e. The summed E-state index contributed by atoms with van der Waals surface area (Å²) in [5.41, 5.74) is 9.33. The summed E-state index contributed by atoms with van der Waals surface area (Å²) in [7, 11) is 0. The molecule has 7 nitrogen and oxygen atoms in total. The quantitative estimate of drug-likeness (QED) is 0.399. The van der Waals surface area contributed by atoms with E-state index >= 15 is 0 Å². The molecular formula is C25H34FN3O4. The Labute approximate surface area is 194 Å². The number of benzene rings is 2. The predicted molar refractivity (Wildman–Crippen MR) is 127 cm³/mol. The third-order valence-electron chi connectivity index (χ3n) is 5.67. The first-order chi connectivity index (χ1) is 15.9. The highest BCUT2D eigenvalue weighted by Gasteiger charge is 2.25. The fraction of sp³-hybridized carbons (Fsp3) is 0.480. The minimum absolute atomic E-state index is 0.120. The number of nitrogens with one attached hydrogen (secondary N) is 1. The van der Waals surface area contributed by atoms with Crippen molar-refractivity contribution < 1.29 is 23.8 Å². The fourth-order valence-corrected chi connectivity index (χ4v) is 4.24. The van der Waals surface area contributed by atoms with E-state index in [4.69, 9.17) is 20.3 Å². The Hall–Kier alpha value is -2.84. The monoisotopic (exact) mass is 459 g/mol. The molecule has 33 heavy (non-hydrogen) atoms. The SMILES string of the molecule is CCOc1ccc(F)cc1OCCN[C@H](C)Cc1cc2c(c(C(N)=O)c1)N(CCCO)CC2. The summed E-state index contributed by atoms with van der Waals surface area (Å²) in [6.45, 7) is 7.01. The molecule has 180 valence electrons.